The van der Waals surface area contributed by atoms with Gasteiger partial charge in [-0.2, -0.15) is 0 Å². The molecule has 0 bridgehead atoms. The first-order valence-corrected chi connectivity index (χ1v) is 7.92. The van der Waals surface area contributed by atoms with E-state index in [0.29, 0.717) is 22.2 Å². The van der Waals surface area contributed by atoms with Crippen molar-refractivity contribution in [2.75, 3.05) is 13.2 Å². The maximum atomic E-state index is 12.2. The van der Waals surface area contributed by atoms with Crippen LogP contribution in [0.3, 0.4) is 0 Å². The normalized spacial score (nSPS) is 22.2. The van der Waals surface area contributed by atoms with Gasteiger partial charge in [0.05, 0.1) is 11.6 Å². The average molecular weight is 361 g/mol. The van der Waals surface area contributed by atoms with Crippen LogP contribution in [-0.2, 0) is 4.79 Å². The lowest BCUT2D eigenvalue weighted by Gasteiger charge is -2.21. The van der Waals surface area contributed by atoms with Crippen LogP contribution in [0, 0.1) is 0 Å². The van der Waals surface area contributed by atoms with Crippen molar-refractivity contribution in [2.24, 2.45) is 0 Å². The summed E-state index contributed by atoms with van der Waals surface area (Å²) in [6, 6.07) is 4.20. The number of urea groups is 1. The summed E-state index contributed by atoms with van der Waals surface area (Å²) in [5.74, 6) is 0.0132. The topological polar surface area (TPSA) is 78.9 Å². The van der Waals surface area contributed by atoms with E-state index in [1.165, 1.54) is 6.07 Å². The van der Waals surface area contributed by atoms with Crippen LogP contribution in [0.4, 0.5) is 4.79 Å². The van der Waals surface area contributed by atoms with E-state index >= 15 is 0 Å². The van der Waals surface area contributed by atoms with E-state index in [-0.39, 0.29) is 19.1 Å². The first-order valence-electron chi connectivity index (χ1n) is 7.17. The predicted octanol–water partition coefficient (Wildman–Crippen LogP) is 2.45. The van der Waals surface area contributed by atoms with E-state index in [2.05, 4.69) is 5.32 Å². The zero-order valence-corrected chi connectivity index (χ0v) is 14.3. The average Bonchev–Trinajstić information content (AvgIpc) is 2.70. The van der Waals surface area contributed by atoms with Crippen molar-refractivity contribution in [3.05, 3.63) is 28.2 Å². The van der Waals surface area contributed by atoms with Crippen molar-refractivity contribution < 1.29 is 19.4 Å². The molecule has 1 aromatic carbocycles. The molecule has 6 nitrogen and oxygen atoms in total. The van der Waals surface area contributed by atoms with Gasteiger partial charge < -0.3 is 15.2 Å². The Bertz CT molecular complexity index is 625. The van der Waals surface area contributed by atoms with Crippen molar-refractivity contribution in [1.29, 1.82) is 0 Å². The first kappa shape index (κ1) is 17.8. The molecule has 8 heteroatoms. The molecule has 2 atom stereocenters. The molecule has 0 aliphatic carbocycles. The maximum Gasteiger partial charge on any atom is 0.325 e. The number of β-amino-alcohol motifs (C(OH)–C–C–N with tert-alkyl or cyclic N) is 1. The number of benzene rings is 1. The van der Waals surface area contributed by atoms with Crippen molar-refractivity contribution >= 4 is 35.1 Å². The molecule has 0 unspecified atom stereocenters. The van der Waals surface area contributed by atoms with Gasteiger partial charge in [0.2, 0.25) is 0 Å². The number of aliphatic hydroxyl groups is 1. The summed E-state index contributed by atoms with van der Waals surface area (Å²) in [5.41, 5.74) is -0.919. The van der Waals surface area contributed by atoms with Crippen LogP contribution >= 0.6 is 23.2 Å². The van der Waals surface area contributed by atoms with E-state index in [1.807, 2.05) is 6.92 Å². The maximum absolute atomic E-state index is 12.2. The fourth-order valence-electron chi connectivity index (χ4n) is 2.19. The van der Waals surface area contributed by atoms with Crippen LogP contribution in [0.1, 0.15) is 20.3 Å². The monoisotopic (exact) mass is 360 g/mol. The molecule has 1 aliphatic rings. The number of carbonyl (C=O) groups is 2. The van der Waals surface area contributed by atoms with Crippen LogP contribution in [-0.4, -0.2) is 46.7 Å². The van der Waals surface area contributed by atoms with Gasteiger partial charge in [-0.15, -0.1) is 0 Å². The molecular weight excluding hydrogens is 343 g/mol. The summed E-state index contributed by atoms with van der Waals surface area (Å²) in [7, 11) is 0. The van der Waals surface area contributed by atoms with E-state index in [0.717, 1.165) is 4.90 Å². The lowest BCUT2D eigenvalue weighted by molar-refractivity contribution is -0.132. The van der Waals surface area contributed by atoms with Crippen LogP contribution in [0.15, 0.2) is 18.2 Å². The van der Waals surface area contributed by atoms with E-state index in [9.17, 15) is 14.7 Å². The van der Waals surface area contributed by atoms with Crippen molar-refractivity contribution in [3.63, 3.8) is 0 Å². The predicted molar refractivity (Wildman–Crippen MR) is 86.9 cm³/mol. The van der Waals surface area contributed by atoms with Gasteiger partial charge in [-0.25, -0.2) is 4.79 Å². The Hall–Kier alpha value is -1.50. The highest BCUT2D eigenvalue weighted by atomic mass is 35.5. The van der Waals surface area contributed by atoms with Crippen LogP contribution in [0.2, 0.25) is 10.0 Å². The Kier molecular flexibility index (Phi) is 5.39. The number of carbonyl (C=O) groups excluding carboxylic acids is 2. The van der Waals surface area contributed by atoms with E-state index < -0.39 is 17.7 Å². The first-order chi connectivity index (χ1) is 10.8. The molecule has 0 spiro atoms. The largest absolute Gasteiger partial charge is 0.489 e. The quantitative estimate of drug-likeness (QED) is 0.763. The smallest absolute Gasteiger partial charge is 0.325 e. The number of imide groups is 1. The fraction of sp³-hybridized carbons (Fsp3) is 0.467. The second-order valence-electron chi connectivity index (χ2n) is 5.57. The van der Waals surface area contributed by atoms with Gasteiger partial charge in [0.1, 0.15) is 24.0 Å². The lowest BCUT2D eigenvalue weighted by Crippen LogP contribution is -2.44. The highest BCUT2D eigenvalue weighted by Crippen LogP contribution is 2.27. The number of rotatable bonds is 6. The SMILES string of the molecule is CC[C@@]1(C)NC(=O)N(C[C@H](O)COc2ccc(Cl)cc2Cl)C1=O. The van der Waals surface area contributed by atoms with Gasteiger partial charge in [-0.1, -0.05) is 30.1 Å². The van der Waals surface area contributed by atoms with Gasteiger partial charge in [0, 0.05) is 5.02 Å². The van der Waals surface area contributed by atoms with Gasteiger partial charge in [-0.3, -0.25) is 9.69 Å². The van der Waals surface area contributed by atoms with Gasteiger partial charge in [0.15, 0.2) is 0 Å². The second-order valence-corrected chi connectivity index (χ2v) is 6.41. The van der Waals surface area contributed by atoms with Gasteiger partial charge in [0.25, 0.3) is 5.91 Å². The van der Waals surface area contributed by atoms with Crippen molar-refractivity contribution in [2.45, 2.75) is 31.9 Å². The molecule has 2 N–H and O–H groups in total. The zero-order valence-electron chi connectivity index (χ0n) is 12.8. The third-order valence-corrected chi connectivity index (χ3v) is 4.30. The van der Waals surface area contributed by atoms with Crippen LogP contribution < -0.4 is 10.1 Å². The van der Waals surface area contributed by atoms with Crippen molar-refractivity contribution in [1.82, 2.24) is 10.2 Å². The molecule has 1 fully saturated rings. The second kappa shape index (κ2) is 6.95. The third-order valence-electron chi connectivity index (χ3n) is 3.77. The highest BCUT2D eigenvalue weighted by Gasteiger charge is 2.46. The van der Waals surface area contributed by atoms with E-state index in [4.69, 9.17) is 27.9 Å². The molecule has 1 aliphatic heterocycles. The highest BCUT2D eigenvalue weighted by molar-refractivity contribution is 6.35. The number of amides is 3. The number of hydrogen-bond acceptors (Lipinski definition) is 4. The number of aliphatic hydroxyl groups excluding tert-OH is 1. The fourth-order valence-corrected chi connectivity index (χ4v) is 2.66. The molecule has 3 amide bonds. The molecule has 0 radical (unpaired) electrons. The zero-order chi connectivity index (χ0) is 17.2. The van der Waals surface area contributed by atoms with Crippen LogP contribution in [0.25, 0.3) is 0 Å². The number of ether oxygens (including phenoxy) is 1. The molecule has 0 saturated carbocycles. The molecule has 2 rings (SSSR count). The molecule has 1 aromatic rings. The minimum Gasteiger partial charge on any atom is -0.489 e. The van der Waals surface area contributed by atoms with Crippen LogP contribution in [0.5, 0.6) is 5.75 Å². The summed E-state index contributed by atoms with van der Waals surface area (Å²) < 4.78 is 5.40. The van der Waals surface area contributed by atoms with Gasteiger partial charge >= 0.3 is 6.03 Å². The molecule has 1 saturated heterocycles. The van der Waals surface area contributed by atoms with E-state index in [1.54, 1.807) is 19.1 Å². The summed E-state index contributed by atoms with van der Waals surface area (Å²) in [5, 5.41) is 13.4. The molecule has 126 valence electrons. The standard InChI is InChI=1S/C15H18Cl2N2O4/c1-3-15(2)13(21)19(14(22)18-15)7-10(20)8-23-12-5-4-9(16)6-11(12)17/h4-6,10,20H,3,7-8H2,1-2H3,(H,18,22)/t10-,15+/m0/s1. The Balaban J connectivity index is 1.93. The molecule has 23 heavy (non-hydrogen) atoms. The molecule has 0 aromatic heterocycles. The summed E-state index contributed by atoms with van der Waals surface area (Å²) >= 11 is 11.8. The summed E-state index contributed by atoms with van der Waals surface area (Å²) in [4.78, 5) is 25.1. The Morgan fingerprint density at radius 1 is 1.39 bits per heavy atom. The minimum absolute atomic E-state index is 0.110. The lowest BCUT2D eigenvalue weighted by atomic mass is 9.99. The Morgan fingerprint density at radius 2 is 2.09 bits per heavy atom. The number of nitrogens with one attached hydrogen (secondary N) is 1. The minimum atomic E-state index is -1.03. The van der Waals surface area contributed by atoms with Gasteiger partial charge in [-0.05, 0) is 31.5 Å². The summed E-state index contributed by atoms with van der Waals surface area (Å²) in [6.07, 6.45) is -0.559. The van der Waals surface area contributed by atoms with Crippen molar-refractivity contribution in [3.8, 4) is 5.75 Å². The number of halogens is 2. The Labute approximate surface area is 144 Å². The number of hydrogen-bond donors (Lipinski definition) is 2. The number of nitrogens with zero attached hydrogens (tertiary/aromatic N) is 1. The molecule has 1 heterocycles. The molecular formula is C15H18Cl2N2O4. The summed E-state index contributed by atoms with van der Waals surface area (Å²) in [6.45, 7) is 3.21. The third kappa shape index (κ3) is 3.88. The Morgan fingerprint density at radius 3 is 2.65 bits per heavy atom.